The Labute approximate surface area is 141 Å². The number of unbranched alkanes of at least 4 members (excludes halogenated alkanes) is 1. The molecule has 0 spiro atoms. The van der Waals surface area contributed by atoms with Crippen molar-refractivity contribution in [2.75, 3.05) is 13.2 Å². The Morgan fingerprint density at radius 2 is 2.21 bits per heavy atom. The SMILES string of the molecule is CCOC(=O)CCCCON=C(Cn1ccnc1)c1cccnc1. The molecule has 0 aromatic carbocycles. The third kappa shape index (κ3) is 6.20. The summed E-state index contributed by atoms with van der Waals surface area (Å²) in [5.74, 6) is -0.169. The standard InChI is InChI=1S/C17H22N4O3/c1-2-23-17(22)7-3-4-11-24-20-16(13-21-10-9-19-14-21)15-6-5-8-18-12-15/h5-6,8-10,12,14H,2-4,7,11,13H2,1H3. The molecule has 24 heavy (non-hydrogen) atoms. The molecule has 7 heteroatoms. The molecule has 0 aliphatic heterocycles. The van der Waals surface area contributed by atoms with Crippen LogP contribution in [0.4, 0.5) is 0 Å². The van der Waals surface area contributed by atoms with Crippen LogP contribution in [-0.2, 0) is 20.9 Å². The number of ether oxygens (including phenoxy) is 1. The monoisotopic (exact) mass is 330 g/mol. The van der Waals surface area contributed by atoms with E-state index in [1.807, 2.05) is 22.9 Å². The van der Waals surface area contributed by atoms with E-state index in [2.05, 4.69) is 15.1 Å². The largest absolute Gasteiger partial charge is 0.466 e. The van der Waals surface area contributed by atoms with Crippen molar-refractivity contribution in [1.29, 1.82) is 0 Å². The maximum Gasteiger partial charge on any atom is 0.305 e. The van der Waals surface area contributed by atoms with Crippen LogP contribution in [0.2, 0.25) is 0 Å². The topological polar surface area (TPSA) is 78.6 Å². The van der Waals surface area contributed by atoms with Crippen molar-refractivity contribution >= 4 is 11.7 Å². The minimum absolute atomic E-state index is 0.169. The van der Waals surface area contributed by atoms with Crippen LogP contribution in [0.5, 0.6) is 0 Å². The lowest BCUT2D eigenvalue weighted by Gasteiger charge is -2.07. The summed E-state index contributed by atoms with van der Waals surface area (Å²) in [5, 5.41) is 4.23. The molecular formula is C17H22N4O3. The van der Waals surface area contributed by atoms with Crippen LogP contribution < -0.4 is 0 Å². The maximum absolute atomic E-state index is 11.2. The van der Waals surface area contributed by atoms with Gasteiger partial charge in [-0.3, -0.25) is 9.78 Å². The number of carbonyl (C=O) groups is 1. The predicted octanol–water partition coefficient (Wildman–Crippen LogP) is 2.43. The van der Waals surface area contributed by atoms with E-state index < -0.39 is 0 Å². The number of carbonyl (C=O) groups excluding carboxylic acids is 1. The average Bonchev–Trinajstić information content (AvgIpc) is 3.11. The van der Waals surface area contributed by atoms with E-state index in [-0.39, 0.29) is 5.97 Å². The molecule has 0 N–H and O–H groups in total. The van der Waals surface area contributed by atoms with E-state index in [1.54, 1.807) is 31.8 Å². The summed E-state index contributed by atoms with van der Waals surface area (Å²) < 4.78 is 6.79. The van der Waals surface area contributed by atoms with Crippen molar-refractivity contribution in [2.24, 2.45) is 5.16 Å². The fraction of sp³-hybridized carbons (Fsp3) is 0.412. The molecule has 128 valence electrons. The second kappa shape index (κ2) is 10.1. The molecule has 0 saturated heterocycles. The summed E-state index contributed by atoms with van der Waals surface area (Å²) in [6.45, 7) is 3.22. The van der Waals surface area contributed by atoms with Crippen molar-refractivity contribution < 1.29 is 14.4 Å². The number of esters is 1. The summed E-state index contributed by atoms with van der Waals surface area (Å²) in [5.41, 5.74) is 1.67. The number of hydrogen-bond donors (Lipinski definition) is 0. The van der Waals surface area contributed by atoms with Gasteiger partial charge < -0.3 is 14.1 Å². The fourth-order valence-corrected chi connectivity index (χ4v) is 2.05. The lowest BCUT2D eigenvalue weighted by molar-refractivity contribution is -0.143. The van der Waals surface area contributed by atoms with Crippen LogP contribution in [0.1, 0.15) is 31.7 Å². The molecule has 0 amide bonds. The van der Waals surface area contributed by atoms with Crippen LogP contribution in [0.3, 0.4) is 0 Å². The molecule has 2 heterocycles. The Kier molecular flexibility index (Phi) is 7.46. The van der Waals surface area contributed by atoms with Crippen LogP contribution in [-0.4, -0.2) is 39.4 Å². The Morgan fingerprint density at radius 1 is 1.29 bits per heavy atom. The number of nitrogens with zero attached hydrogens (tertiary/aromatic N) is 4. The Bertz CT molecular complexity index is 627. The third-order valence-electron chi connectivity index (χ3n) is 3.23. The van der Waals surface area contributed by atoms with Gasteiger partial charge in [-0.2, -0.15) is 0 Å². The summed E-state index contributed by atoms with van der Waals surface area (Å²) >= 11 is 0. The molecular weight excluding hydrogens is 308 g/mol. The molecule has 2 aromatic heterocycles. The molecule has 0 unspecified atom stereocenters. The number of imidazole rings is 1. The predicted molar refractivity (Wildman–Crippen MR) is 89.4 cm³/mol. The van der Waals surface area contributed by atoms with Crippen LogP contribution in [0.15, 0.2) is 48.4 Å². The van der Waals surface area contributed by atoms with Crippen LogP contribution >= 0.6 is 0 Å². The van der Waals surface area contributed by atoms with Gasteiger partial charge in [0.1, 0.15) is 12.3 Å². The number of rotatable bonds is 10. The smallest absolute Gasteiger partial charge is 0.305 e. The highest BCUT2D eigenvalue weighted by atomic mass is 16.6. The van der Waals surface area contributed by atoms with E-state index in [4.69, 9.17) is 9.57 Å². The molecule has 0 atom stereocenters. The van der Waals surface area contributed by atoms with E-state index in [1.165, 1.54) is 0 Å². The van der Waals surface area contributed by atoms with E-state index in [0.29, 0.717) is 26.2 Å². The lowest BCUT2D eigenvalue weighted by atomic mass is 10.2. The van der Waals surface area contributed by atoms with E-state index >= 15 is 0 Å². The first-order valence-electron chi connectivity index (χ1n) is 8.00. The molecule has 0 fully saturated rings. The van der Waals surface area contributed by atoms with Crippen molar-refractivity contribution in [2.45, 2.75) is 32.7 Å². The summed E-state index contributed by atoms with van der Waals surface area (Å²) in [6, 6.07) is 3.80. The Hall–Kier alpha value is -2.70. The van der Waals surface area contributed by atoms with Crippen LogP contribution in [0, 0.1) is 0 Å². The van der Waals surface area contributed by atoms with Gasteiger partial charge >= 0.3 is 5.97 Å². The van der Waals surface area contributed by atoms with Gasteiger partial charge in [-0.25, -0.2) is 4.98 Å². The highest BCUT2D eigenvalue weighted by Gasteiger charge is 2.06. The third-order valence-corrected chi connectivity index (χ3v) is 3.23. The second-order valence-electron chi connectivity index (χ2n) is 5.11. The zero-order chi connectivity index (χ0) is 17.0. The first kappa shape index (κ1) is 17.7. The highest BCUT2D eigenvalue weighted by molar-refractivity contribution is 5.99. The first-order valence-corrected chi connectivity index (χ1v) is 8.00. The first-order chi connectivity index (χ1) is 11.8. The van der Waals surface area contributed by atoms with Gasteiger partial charge in [0, 0.05) is 36.8 Å². The van der Waals surface area contributed by atoms with E-state index in [0.717, 1.165) is 24.1 Å². The second-order valence-corrected chi connectivity index (χ2v) is 5.11. The quantitative estimate of drug-likeness (QED) is 0.289. The number of pyridine rings is 1. The van der Waals surface area contributed by atoms with Gasteiger partial charge in [0.25, 0.3) is 0 Å². The van der Waals surface area contributed by atoms with Crippen molar-refractivity contribution in [1.82, 2.24) is 14.5 Å². The molecule has 0 saturated carbocycles. The zero-order valence-corrected chi connectivity index (χ0v) is 13.8. The van der Waals surface area contributed by atoms with Crippen LogP contribution in [0.25, 0.3) is 0 Å². The Balaban J connectivity index is 1.83. The van der Waals surface area contributed by atoms with Gasteiger partial charge in [-0.15, -0.1) is 0 Å². The zero-order valence-electron chi connectivity index (χ0n) is 13.8. The van der Waals surface area contributed by atoms with Gasteiger partial charge in [0.05, 0.1) is 19.5 Å². The molecule has 2 rings (SSSR count). The summed E-state index contributed by atoms with van der Waals surface area (Å²) in [4.78, 5) is 24.8. The van der Waals surface area contributed by atoms with E-state index in [9.17, 15) is 4.79 Å². The minimum Gasteiger partial charge on any atom is -0.466 e. The molecule has 0 radical (unpaired) electrons. The molecule has 7 nitrogen and oxygen atoms in total. The van der Waals surface area contributed by atoms with Gasteiger partial charge in [0.15, 0.2) is 0 Å². The van der Waals surface area contributed by atoms with Gasteiger partial charge in [-0.1, -0.05) is 5.16 Å². The highest BCUT2D eigenvalue weighted by Crippen LogP contribution is 2.04. The minimum atomic E-state index is -0.169. The fourth-order valence-electron chi connectivity index (χ4n) is 2.05. The molecule has 0 bridgehead atoms. The summed E-state index contributed by atoms with van der Waals surface area (Å²) in [6.07, 6.45) is 10.7. The molecule has 0 aliphatic carbocycles. The van der Waals surface area contributed by atoms with Crippen molar-refractivity contribution in [3.8, 4) is 0 Å². The lowest BCUT2D eigenvalue weighted by Crippen LogP contribution is -2.12. The maximum atomic E-state index is 11.2. The van der Waals surface area contributed by atoms with Gasteiger partial charge in [0.2, 0.25) is 0 Å². The van der Waals surface area contributed by atoms with Crippen molar-refractivity contribution in [3.63, 3.8) is 0 Å². The normalized spacial score (nSPS) is 11.3. The summed E-state index contributed by atoms with van der Waals surface area (Å²) in [7, 11) is 0. The number of hydrogen-bond acceptors (Lipinski definition) is 6. The number of aromatic nitrogens is 3. The number of oxime groups is 1. The Morgan fingerprint density at radius 3 is 2.92 bits per heavy atom. The molecule has 0 aliphatic rings. The van der Waals surface area contributed by atoms with Gasteiger partial charge in [-0.05, 0) is 31.9 Å². The average molecular weight is 330 g/mol. The van der Waals surface area contributed by atoms with Crippen molar-refractivity contribution in [3.05, 3.63) is 48.8 Å². The molecule has 2 aromatic rings.